The third kappa shape index (κ3) is 6.15. The van der Waals surface area contributed by atoms with E-state index in [2.05, 4.69) is 23.5 Å². The normalized spacial score (nSPS) is 15.0. The SMILES string of the molecule is CNC(CS(=O)CCS(C)(=O)=O)c1cc(C)cc(C)c1. The fourth-order valence-electron chi connectivity index (χ4n) is 2.07. The number of hydrogen-bond acceptors (Lipinski definition) is 4. The third-order valence-electron chi connectivity index (χ3n) is 3.03. The Morgan fingerprint density at radius 3 is 2.20 bits per heavy atom. The van der Waals surface area contributed by atoms with Gasteiger partial charge in [-0.3, -0.25) is 4.21 Å². The van der Waals surface area contributed by atoms with Gasteiger partial charge in [-0.15, -0.1) is 0 Å². The number of aryl methyl sites for hydroxylation is 2. The first kappa shape index (κ1) is 17.3. The van der Waals surface area contributed by atoms with Crippen LogP contribution in [0.3, 0.4) is 0 Å². The second kappa shape index (κ2) is 7.33. The van der Waals surface area contributed by atoms with E-state index in [0.29, 0.717) is 5.75 Å². The smallest absolute Gasteiger partial charge is 0.148 e. The number of rotatable bonds is 7. The van der Waals surface area contributed by atoms with Gasteiger partial charge in [-0.1, -0.05) is 29.3 Å². The zero-order valence-electron chi connectivity index (χ0n) is 12.5. The number of nitrogens with one attached hydrogen (secondary N) is 1. The second-order valence-electron chi connectivity index (χ2n) is 5.20. The van der Waals surface area contributed by atoms with Gasteiger partial charge in [0.25, 0.3) is 0 Å². The van der Waals surface area contributed by atoms with Gasteiger partial charge < -0.3 is 5.32 Å². The summed E-state index contributed by atoms with van der Waals surface area (Å²) in [6.45, 7) is 4.06. The van der Waals surface area contributed by atoms with E-state index >= 15 is 0 Å². The minimum atomic E-state index is -3.05. The van der Waals surface area contributed by atoms with E-state index in [9.17, 15) is 12.6 Å². The maximum atomic E-state index is 12.0. The van der Waals surface area contributed by atoms with Crippen LogP contribution in [0.5, 0.6) is 0 Å². The quantitative estimate of drug-likeness (QED) is 0.825. The number of hydrogen-bond donors (Lipinski definition) is 1. The van der Waals surface area contributed by atoms with E-state index in [1.807, 2.05) is 20.9 Å². The summed E-state index contributed by atoms with van der Waals surface area (Å²) in [6.07, 6.45) is 1.17. The molecule has 0 amide bonds. The molecule has 114 valence electrons. The number of benzene rings is 1. The van der Waals surface area contributed by atoms with Crippen molar-refractivity contribution in [3.8, 4) is 0 Å². The van der Waals surface area contributed by atoms with Gasteiger partial charge in [0.05, 0.1) is 5.75 Å². The van der Waals surface area contributed by atoms with Crippen LogP contribution in [0, 0.1) is 13.8 Å². The highest BCUT2D eigenvalue weighted by Gasteiger charge is 2.15. The fraction of sp³-hybridized carbons (Fsp3) is 0.571. The van der Waals surface area contributed by atoms with E-state index in [0.717, 1.165) is 5.56 Å². The van der Waals surface area contributed by atoms with E-state index in [4.69, 9.17) is 0 Å². The molecular weight excluding hydrogens is 294 g/mol. The molecule has 0 heterocycles. The van der Waals surface area contributed by atoms with E-state index in [1.54, 1.807) is 0 Å². The van der Waals surface area contributed by atoms with Crippen molar-refractivity contribution < 1.29 is 12.6 Å². The van der Waals surface area contributed by atoms with Crippen LogP contribution in [0.1, 0.15) is 22.7 Å². The molecule has 0 bridgehead atoms. The van der Waals surface area contributed by atoms with Crippen LogP contribution in [0.25, 0.3) is 0 Å². The largest absolute Gasteiger partial charge is 0.312 e. The molecule has 1 aromatic carbocycles. The maximum absolute atomic E-state index is 12.0. The molecule has 2 atom stereocenters. The highest BCUT2D eigenvalue weighted by molar-refractivity contribution is 7.92. The summed E-state index contributed by atoms with van der Waals surface area (Å²) in [6, 6.07) is 6.22. The van der Waals surface area contributed by atoms with Crippen molar-refractivity contribution in [3.05, 3.63) is 34.9 Å². The summed E-state index contributed by atoms with van der Waals surface area (Å²) >= 11 is 0. The minimum Gasteiger partial charge on any atom is -0.312 e. The Labute approximate surface area is 124 Å². The molecule has 0 aliphatic heterocycles. The highest BCUT2D eigenvalue weighted by Crippen LogP contribution is 2.18. The van der Waals surface area contributed by atoms with E-state index in [-0.39, 0.29) is 17.5 Å². The molecule has 0 spiro atoms. The molecule has 20 heavy (non-hydrogen) atoms. The lowest BCUT2D eigenvalue weighted by molar-refractivity contribution is 0.602. The molecule has 1 N–H and O–H groups in total. The third-order valence-corrected chi connectivity index (χ3v) is 5.60. The van der Waals surface area contributed by atoms with Crippen molar-refractivity contribution in [2.45, 2.75) is 19.9 Å². The Balaban J connectivity index is 2.74. The molecule has 2 unspecified atom stereocenters. The van der Waals surface area contributed by atoms with Gasteiger partial charge in [0, 0.05) is 34.6 Å². The predicted molar refractivity (Wildman–Crippen MR) is 85.3 cm³/mol. The maximum Gasteiger partial charge on any atom is 0.148 e. The standard InChI is InChI=1S/C14H23NO3S2/c1-11-7-12(2)9-13(8-11)14(15-3)10-19(16)5-6-20(4,17)18/h7-9,14-15H,5-6,10H2,1-4H3. The zero-order valence-corrected chi connectivity index (χ0v) is 14.1. The van der Waals surface area contributed by atoms with Gasteiger partial charge in [-0.2, -0.15) is 0 Å². The van der Waals surface area contributed by atoms with Gasteiger partial charge in [-0.05, 0) is 26.5 Å². The molecule has 0 saturated carbocycles. The van der Waals surface area contributed by atoms with Crippen LogP contribution < -0.4 is 5.32 Å². The molecule has 6 heteroatoms. The Morgan fingerprint density at radius 1 is 1.20 bits per heavy atom. The van der Waals surface area contributed by atoms with Gasteiger partial charge >= 0.3 is 0 Å². The predicted octanol–water partition coefficient (Wildman–Crippen LogP) is 1.36. The summed E-state index contributed by atoms with van der Waals surface area (Å²) in [4.78, 5) is 0. The summed E-state index contributed by atoms with van der Waals surface area (Å²) in [7, 11) is -2.38. The first-order valence-electron chi connectivity index (χ1n) is 6.49. The van der Waals surface area contributed by atoms with Crippen molar-refractivity contribution in [1.82, 2.24) is 5.32 Å². The molecule has 0 aromatic heterocycles. The molecule has 4 nitrogen and oxygen atoms in total. The van der Waals surface area contributed by atoms with Crippen molar-refractivity contribution in [3.63, 3.8) is 0 Å². The molecule has 0 radical (unpaired) electrons. The second-order valence-corrected chi connectivity index (χ2v) is 9.08. The molecule has 0 aliphatic carbocycles. The molecule has 1 aromatic rings. The zero-order chi connectivity index (χ0) is 15.3. The minimum absolute atomic E-state index is 0.0195. The van der Waals surface area contributed by atoms with E-state index < -0.39 is 20.6 Å². The lowest BCUT2D eigenvalue weighted by atomic mass is 10.0. The Morgan fingerprint density at radius 2 is 1.75 bits per heavy atom. The van der Waals surface area contributed by atoms with Crippen LogP contribution in [0.2, 0.25) is 0 Å². The van der Waals surface area contributed by atoms with E-state index in [1.165, 1.54) is 17.4 Å². The molecule has 0 fully saturated rings. The van der Waals surface area contributed by atoms with Crippen LogP contribution in [-0.2, 0) is 20.6 Å². The first-order chi connectivity index (χ1) is 9.21. The van der Waals surface area contributed by atoms with Crippen LogP contribution in [-0.4, -0.2) is 43.2 Å². The average molecular weight is 317 g/mol. The molecule has 0 saturated heterocycles. The number of sulfone groups is 1. The Hall–Kier alpha value is -0.720. The average Bonchev–Trinajstić information content (AvgIpc) is 2.31. The Bertz CT molecular complexity index is 562. The fourth-order valence-corrected chi connectivity index (χ4v) is 4.92. The highest BCUT2D eigenvalue weighted by atomic mass is 32.2. The van der Waals surface area contributed by atoms with Gasteiger partial charge in [0.1, 0.15) is 9.84 Å². The topological polar surface area (TPSA) is 63.2 Å². The van der Waals surface area contributed by atoms with Crippen LogP contribution >= 0.6 is 0 Å². The van der Waals surface area contributed by atoms with Crippen LogP contribution in [0.15, 0.2) is 18.2 Å². The summed E-state index contributed by atoms with van der Waals surface area (Å²) < 4.78 is 34.2. The summed E-state index contributed by atoms with van der Waals surface area (Å²) in [5, 5.41) is 3.16. The van der Waals surface area contributed by atoms with Gasteiger partial charge in [0.2, 0.25) is 0 Å². The Kier molecular flexibility index (Phi) is 6.36. The lowest BCUT2D eigenvalue weighted by Crippen LogP contribution is -2.25. The summed E-state index contributed by atoms with van der Waals surface area (Å²) in [5.74, 6) is 0.597. The van der Waals surface area contributed by atoms with Crippen LogP contribution in [0.4, 0.5) is 0 Å². The van der Waals surface area contributed by atoms with Crippen molar-refractivity contribution in [2.24, 2.45) is 0 Å². The first-order valence-corrected chi connectivity index (χ1v) is 10.0. The summed E-state index contributed by atoms with van der Waals surface area (Å²) in [5.41, 5.74) is 3.43. The van der Waals surface area contributed by atoms with Gasteiger partial charge in [-0.25, -0.2) is 8.42 Å². The van der Waals surface area contributed by atoms with Crippen molar-refractivity contribution in [1.29, 1.82) is 0 Å². The van der Waals surface area contributed by atoms with Crippen molar-refractivity contribution in [2.75, 3.05) is 30.6 Å². The monoisotopic (exact) mass is 317 g/mol. The van der Waals surface area contributed by atoms with Crippen molar-refractivity contribution >= 4 is 20.6 Å². The molecule has 1 rings (SSSR count). The van der Waals surface area contributed by atoms with Gasteiger partial charge in [0.15, 0.2) is 0 Å². The lowest BCUT2D eigenvalue weighted by Gasteiger charge is -2.17. The molecular formula is C14H23NO3S2. The molecule has 0 aliphatic rings.